The van der Waals surface area contributed by atoms with Gasteiger partial charge in [-0.25, -0.2) is 0 Å². The van der Waals surface area contributed by atoms with Crippen LogP contribution in [0.4, 0.5) is 0 Å². The van der Waals surface area contributed by atoms with Gasteiger partial charge in [0.25, 0.3) is 0 Å². The molecule has 0 saturated carbocycles. The van der Waals surface area contributed by atoms with Gasteiger partial charge in [0.1, 0.15) is 0 Å². The minimum Gasteiger partial charge on any atom is -0.106 e. The van der Waals surface area contributed by atoms with E-state index < -0.39 is 0 Å². The molecule has 0 N–H and O–H groups in total. The molecule has 0 fully saturated rings. The van der Waals surface area contributed by atoms with Crippen molar-refractivity contribution in [2.75, 3.05) is 0 Å². The van der Waals surface area contributed by atoms with Crippen LogP contribution in [0.2, 0.25) is 0 Å². The largest absolute Gasteiger partial charge is 0.106 e. The summed E-state index contributed by atoms with van der Waals surface area (Å²) in [7, 11) is 0. The van der Waals surface area contributed by atoms with Crippen molar-refractivity contribution in [2.45, 2.75) is 0 Å². The molecule has 0 unspecified atom stereocenters. The summed E-state index contributed by atoms with van der Waals surface area (Å²) in [5, 5.41) is 0. The van der Waals surface area contributed by atoms with Gasteiger partial charge in [-0.05, 0) is 0 Å². The summed E-state index contributed by atoms with van der Waals surface area (Å²) in [5.74, 6) is 0. The molecule has 0 aliphatic carbocycles. The third-order valence-corrected chi connectivity index (χ3v) is 0. The molecule has 0 aromatic carbocycles. The van der Waals surface area contributed by atoms with E-state index in [1.54, 1.807) is 0 Å². The number of rotatable bonds is 0. The van der Waals surface area contributed by atoms with Crippen molar-refractivity contribution in [1.82, 2.24) is 0 Å². The smallest absolute Gasteiger partial charge is 0 e. The van der Waals surface area contributed by atoms with Gasteiger partial charge in [0, 0.05) is 48.9 Å². The van der Waals surface area contributed by atoms with Crippen LogP contribution >= 0.6 is 0 Å². The molecule has 0 aliphatic rings. The standard InChI is InChI=1S/3C2H4.2Sb/c3*1-2;;/h3*1-2H2;;. The van der Waals surface area contributed by atoms with E-state index in [4.69, 9.17) is 0 Å². The molecule has 0 heterocycles. The van der Waals surface area contributed by atoms with E-state index in [1.165, 1.54) is 0 Å². The van der Waals surface area contributed by atoms with Gasteiger partial charge in [0.15, 0.2) is 0 Å². The molecule has 0 bridgehead atoms. The fourth-order valence-corrected chi connectivity index (χ4v) is 0. The van der Waals surface area contributed by atoms with Gasteiger partial charge < -0.3 is 0 Å². The van der Waals surface area contributed by atoms with E-state index in [0.29, 0.717) is 0 Å². The predicted molar refractivity (Wildman–Crippen MR) is 45.3 cm³/mol. The van der Waals surface area contributed by atoms with Crippen LogP contribution in [-0.2, 0) is 0 Å². The monoisotopic (exact) mass is 326 g/mol. The summed E-state index contributed by atoms with van der Waals surface area (Å²) in [6.07, 6.45) is 0. The van der Waals surface area contributed by atoms with Crippen LogP contribution in [0.5, 0.6) is 0 Å². The Morgan fingerprint density at radius 3 is 0.375 bits per heavy atom. The van der Waals surface area contributed by atoms with Crippen LogP contribution in [-0.4, -0.2) is 48.9 Å². The second-order valence-corrected chi connectivity index (χ2v) is 0. The van der Waals surface area contributed by atoms with Gasteiger partial charge in [-0.15, -0.1) is 39.5 Å². The molecule has 0 amide bonds. The van der Waals surface area contributed by atoms with Crippen molar-refractivity contribution < 1.29 is 0 Å². The molecule has 0 spiro atoms. The third-order valence-electron chi connectivity index (χ3n) is 0. The minimum atomic E-state index is 0. The summed E-state index contributed by atoms with van der Waals surface area (Å²) >= 11 is 0. The normalized spacial score (nSPS) is 1.50. The average molecular weight is 328 g/mol. The van der Waals surface area contributed by atoms with Gasteiger partial charge in [-0.2, -0.15) is 0 Å². The maximum atomic E-state index is 3.00. The molecular weight excluding hydrogens is 316 g/mol. The number of hydrogen-bond acceptors (Lipinski definition) is 0. The topological polar surface area (TPSA) is 0 Å². The van der Waals surface area contributed by atoms with Crippen molar-refractivity contribution >= 4 is 48.9 Å². The van der Waals surface area contributed by atoms with E-state index in [2.05, 4.69) is 39.5 Å². The Morgan fingerprint density at radius 1 is 0.375 bits per heavy atom. The Balaban J connectivity index is -0.00000000500. The molecule has 46 valence electrons. The summed E-state index contributed by atoms with van der Waals surface area (Å²) in [6.45, 7) is 18.0. The Bertz CT molecular complexity index is 11.2. The van der Waals surface area contributed by atoms with Crippen LogP contribution in [0.3, 0.4) is 0 Å². The van der Waals surface area contributed by atoms with E-state index in [0.717, 1.165) is 0 Å². The Morgan fingerprint density at radius 2 is 0.375 bits per heavy atom. The van der Waals surface area contributed by atoms with Gasteiger partial charge in [-0.3, -0.25) is 0 Å². The molecule has 0 aromatic heterocycles. The SMILES string of the molecule is C=C.C=C.C=C.[Sb].[Sb]. The first kappa shape index (κ1) is 36.8. The zero-order chi connectivity index (χ0) is 6.00. The van der Waals surface area contributed by atoms with Crippen LogP contribution < -0.4 is 0 Å². The molecule has 0 saturated heterocycles. The van der Waals surface area contributed by atoms with Crippen molar-refractivity contribution in [2.24, 2.45) is 0 Å². The Hall–Kier alpha value is 0.856. The molecule has 0 nitrogen and oxygen atoms in total. The van der Waals surface area contributed by atoms with Crippen molar-refractivity contribution in [3.63, 3.8) is 0 Å². The molecule has 6 radical (unpaired) electrons. The second-order valence-electron chi connectivity index (χ2n) is 0. The number of hydrogen-bond donors (Lipinski definition) is 0. The molecule has 0 atom stereocenters. The molecule has 2 heteroatoms. The zero-order valence-corrected chi connectivity index (χ0v) is 10.2. The van der Waals surface area contributed by atoms with Crippen LogP contribution in [0.25, 0.3) is 0 Å². The summed E-state index contributed by atoms with van der Waals surface area (Å²) in [5.41, 5.74) is 0. The van der Waals surface area contributed by atoms with E-state index in [9.17, 15) is 0 Å². The molecular formula is C6H12Sb2. The van der Waals surface area contributed by atoms with Crippen LogP contribution in [0.1, 0.15) is 0 Å². The molecule has 0 aromatic rings. The zero-order valence-electron chi connectivity index (χ0n) is 5.14. The fourth-order valence-electron chi connectivity index (χ4n) is 0. The van der Waals surface area contributed by atoms with Crippen LogP contribution in [0.15, 0.2) is 39.5 Å². The van der Waals surface area contributed by atoms with Crippen molar-refractivity contribution in [1.29, 1.82) is 0 Å². The fraction of sp³-hybridized carbons (Fsp3) is 0. The quantitative estimate of drug-likeness (QED) is 0.469. The summed E-state index contributed by atoms with van der Waals surface area (Å²) in [4.78, 5) is 0. The second kappa shape index (κ2) is 504. The minimum absolute atomic E-state index is 0. The van der Waals surface area contributed by atoms with Crippen molar-refractivity contribution in [3.05, 3.63) is 39.5 Å². The van der Waals surface area contributed by atoms with Gasteiger partial charge in [0.2, 0.25) is 0 Å². The van der Waals surface area contributed by atoms with Gasteiger partial charge >= 0.3 is 0 Å². The maximum Gasteiger partial charge on any atom is 0 e. The van der Waals surface area contributed by atoms with Gasteiger partial charge in [-0.1, -0.05) is 0 Å². The molecule has 8 heavy (non-hydrogen) atoms. The average Bonchev–Trinajstić information content (AvgIpc) is 1.81. The van der Waals surface area contributed by atoms with Crippen LogP contribution in [0, 0.1) is 0 Å². The van der Waals surface area contributed by atoms with E-state index in [-0.39, 0.29) is 48.9 Å². The van der Waals surface area contributed by atoms with Gasteiger partial charge in [0.05, 0.1) is 0 Å². The predicted octanol–water partition coefficient (Wildman–Crippen LogP) is 1.64. The third kappa shape index (κ3) is 321. The molecule has 0 rings (SSSR count). The maximum absolute atomic E-state index is 3.00. The van der Waals surface area contributed by atoms with E-state index in [1.807, 2.05) is 0 Å². The first-order valence-electron chi connectivity index (χ1n) is 1.50. The summed E-state index contributed by atoms with van der Waals surface area (Å²) in [6, 6.07) is 0. The first-order chi connectivity index (χ1) is 3.00. The van der Waals surface area contributed by atoms with Crippen molar-refractivity contribution in [3.8, 4) is 0 Å². The Labute approximate surface area is 87.6 Å². The molecule has 0 aliphatic heterocycles. The summed E-state index contributed by atoms with van der Waals surface area (Å²) < 4.78 is 0. The van der Waals surface area contributed by atoms with E-state index >= 15 is 0 Å². The Kier molecular flexibility index (Phi) is 2310. The first-order valence-corrected chi connectivity index (χ1v) is 1.50.